The highest BCUT2D eigenvalue weighted by molar-refractivity contribution is 7.18. The second-order valence-electron chi connectivity index (χ2n) is 7.21. The zero-order valence-electron chi connectivity index (χ0n) is 16.3. The summed E-state index contributed by atoms with van der Waals surface area (Å²) < 4.78 is 1.08. The summed E-state index contributed by atoms with van der Waals surface area (Å²) >= 11 is 1.59. The first-order valence-electron chi connectivity index (χ1n) is 9.65. The molecule has 0 bridgehead atoms. The fraction of sp³-hybridized carbons (Fsp3) is 0.286. The number of nitro benzene ring substituents is 1. The fourth-order valence-electron chi connectivity index (χ4n) is 3.67. The molecule has 0 aliphatic carbocycles. The topological polar surface area (TPSA) is 105 Å². The molecule has 1 aromatic heterocycles. The van der Waals surface area contributed by atoms with Gasteiger partial charge in [0.15, 0.2) is 0 Å². The highest BCUT2D eigenvalue weighted by Crippen LogP contribution is 2.36. The van der Waals surface area contributed by atoms with Gasteiger partial charge in [-0.25, -0.2) is 4.98 Å². The van der Waals surface area contributed by atoms with E-state index in [1.165, 1.54) is 24.3 Å². The lowest BCUT2D eigenvalue weighted by molar-refractivity contribution is -0.384. The van der Waals surface area contributed by atoms with Crippen LogP contribution in [0.5, 0.6) is 0 Å². The van der Waals surface area contributed by atoms with Gasteiger partial charge in [-0.05, 0) is 38.0 Å². The lowest BCUT2D eigenvalue weighted by atomic mass is 10.1. The van der Waals surface area contributed by atoms with E-state index in [0.29, 0.717) is 6.54 Å². The first-order chi connectivity index (χ1) is 14.4. The number of para-hydroxylation sites is 1. The van der Waals surface area contributed by atoms with Crippen LogP contribution in [0.4, 0.5) is 5.69 Å². The summed E-state index contributed by atoms with van der Waals surface area (Å²) in [5.41, 5.74) is 0.897. The molecular formula is C21H20N4O4S. The molecule has 0 spiro atoms. The van der Waals surface area contributed by atoms with Gasteiger partial charge in [-0.3, -0.25) is 19.7 Å². The Morgan fingerprint density at radius 3 is 2.83 bits per heavy atom. The van der Waals surface area contributed by atoms with Crippen molar-refractivity contribution in [3.8, 4) is 0 Å². The summed E-state index contributed by atoms with van der Waals surface area (Å²) in [4.78, 5) is 42.4. The quantitative estimate of drug-likeness (QED) is 0.497. The maximum Gasteiger partial charge on any atom is 0.270 e. The summed E-state index contributed by atoms with van der Waals surface area (Å²) in [5, 5.41) is 14.5. The van der Waals surface area contributed by atoms with Crippen LogP contribution in [0.15, 0.2) is 48.5 Å². The molecule has 3 aromatic rings. The van der Waals surface area contributed by atoms with Crippen molar-refractivity contribution in [3.63, 3.8) is 0 Å². The molecule has 30 heavy (non-hydrogen) atoms. The van der Waals surface area contributed by atoms with E-state index < -0.39 is 16.9 Å². The van der Waals surface area contributed by atoms with Gasteiger partial charge in [-0.2, -0.15) is 0 Å². The molecule has 8 nitrogen and oxygen atoms in total. The zero-order chi connectivity index (χ0) is 21.3. The van der Waals surface area contributed by atoms with Crippen LogP contribution >= 0.6 is 11.3 Å². The Bertz CT molecular complexity index is 1100. The van der Waals surface area contributed by atoms with E-state index in [2.05, 4.69) is 5.32 Å². The van der Waals surface area contributed by atoms with Gasteiger partial charge in [0.05, 0.1) is 21.2 Å². The molecule has 154 valence electrons. The molecule has 2 atom stereocenters. The average Bonchev–Trinajstić information content (AvgIpc) is 3.39. The number of carbonyl (C=O) groups excluding carboxylic acids is 2. The summed E-state index contributed by atoms with van der Waals surface area (Å²) in [6.45, 7) is 2.24. The van der Waals surface area contributed by atoms with Gasteiger partial charge in [0.25, 0.3) is 11.6 Å². The van der Waals surface area contributed by atoms with Gasteiger partial charge in [0.1, 0.15) is 11.0 Å². The first kappa shape index (κ1) is 20.0. The molecule has 2 amide bonds. The van der Waals surface area contributed by atoms with Gasteiger partial charge < -0.3 is 10.2 Å². The normalized spacial score (nSPS) is 17.1. The highest BCUT2D eigenvalue weighted by atomic mass is 32.1. The van der Waals surface area contributed by atoms with E-state index in [9.17, 15) is 19.7 Å². The van der Waals surface area contributed by atoms with Gasteiger partial charge >= 0.3 is 0 Å². The molecule has 1 aliphatic rings. The van der Waals surface area contributed by atoms with E-state index in [1.807, 2.05) is 24.3 Å². The van der Waals surface area contributed by atoms with Crippen molar-refractivity contribution in [1.29, 1.82) is 0 Å². The zero-order valence-corrected chi connectivity index (χ0v) is 17.1. The van der Waals surface area contributed by atoms with Crippen LogP contribution < -0.4 is 5.32 Å². The first-order valence-corrected chi connectivity index (χ1v) is 10.5. The van der Waals surface area contributed by atoms with E-state index >= 15 is 0 Å². The van der Waals surface area contributed by atoms with Crippen molar-refractivity contribution in [1.82, 2.24) is 15.2 Å². The Labute approximate surface area is 176 Å². The van der Waals surface area contributed by atoms with Crippen molar-refractivity contribution >= 4 is 39.1 Å². The van der Waals surface area contributed by atoms with Crippen molar-refractivity contribution < 1.29 is 14.5 Å². The number of nitro groups is 1. The van der Waals surface area contributed by atoms with E-state index in [4.69, 9.17) is 4.98 Å². The Hall–Kier alpha value is -3.33. The molecule has 2 aromatic carbocycles. The van der Waals surface area contributed by atoms with Crippen LogP contribution in [-0.2, 0) is 4.79 Å². The minimum Gasteiger partial charge on any atom is -0.341 e. The highest BCUT2D eigenvalue weighted by Gasteiger charge is 2.34. The van der Waals surface area contributed by atoms with E-state index in [1.54, 1.807) is 23.2 Å². The average molecular weight is 424 g/mol. The summed E-state index contributed by atoms with van der Waals surface area (Å²) in [7, 11) is 0. The van der Waals surface area contributed by atoms with Gasteiger partial charge in [-0.1, -0.05) is 18.2 Å². The Kier molecular flexibility index (Phi) is 5.45. The summed E-state index contributed by atoms with van der Waals surface area (Å²) in [6.07, 6.45) is 1.70. The van der Waals surface area contributed by atoms with Crippen LogP contribution in [0.2, 0.25) is 0 Å². The molecule has 0 saturated carbocycles. The van der Waals surface area contributed by atoms with Crippen molar-refractivity contribution in [2.45, 2.75) is 31.8 Å². The molecular weight excluding hydrogens is 404 g/mol. The molecule has 2 heterocycles. The third-order valence-corrected chi connectivity index (χ3v) is 6.31. The number of thiazole rings is 1. The number of benzene rings is 2. The number of aromatic nitrogens is 1. The molecule has 4 rings (SSSR count). The van der Waals surface area contributed by atoms with Crippen molar-refractivity contribution in [3.05, 3.63) is 69.2 Å². The maximum atomic E-state index is 13.1. The largest absolute Gasteiger partial charge is 0.341 e. The second-order valence-corrected chi connectivity index (χ2v) is 8.27. The number of rotatable bonds is 5. The molecule has 1 fully saturated rings. The monoisotopic (exact) mass is 424 g/mol. The molecule has 1 aliphatic heterocycles. The van der Waals surface area contributed by atoms with Crippen LogP contribution in [0.1, 0.15) is 41.2 Å². The SMILES string of the molecule is CC(NC(=O)c1cccc([N+](=O)[O-])c1)C(=O)N1CCCC1c1nc2ccccc2s1. The van der Waals surface area contributed by atoms with E-state index in [0.717, 1.165) is 28.1 Å². The van der Waals surface area contributed by atoms with Crippen LogP contribution in [0.25, 0.3) is 10.2 Å². The Balaban J connectivity index is 1.48. The molecule has 9 heteroatoms. The number of hydrogen-bond donors (Lipinski definition) is 1. The number of carbonyl (C=O) groups is 2. The van der Waals surface area contributed by atoms with Gasteiger partial charge in [-0.15, -0.1) is 11.3 Å². The van der Waals surface area contributed by atoms with Crippen LogP contribution in [0, 0.1) is 10.1 Å². The second kappa shape index (κ2) is 8.19. The number of fused-ring (bicyclic) bond motifs is 1. The summed E-state index contributed by atoms with van der Waals surface area (Å²) in [6, 6.07) is 12.5. The van der Waals surface area contributed by atoms with E-state index in [-0.39, 0.29) is 23.2 Å². The molecule has 1 saturated heterocycles. The number of hydrogen-bond acceptors (Lipinski definition) is 6. The lowest BCUT2D eigenvalue weighted by Gasteiger charge is -2.26. The minimum absolute atomic E-state index is 0.105. The molecule has 1 N–H and O–H groups in total. The van der Waals surface area contributed by atoms with Gasteiger partial charge in [0.2, 0.25) is 5.91 Å². The van der Waals surface area contributed by atoms with Crippen LogP contribution in [0.3, 0.4) is 0 Å². The Morgan fingerprint density at radius 2 is 2.07 bits per heavy atom. The summed E-state index contributed by atoms with van der Waals surface area (Å²) in [5.74, 6) is -0.703. The van der Waals surface area contributed by atoms with Crippen molar-refractivity contribution in [2.75, 3.05) is 6.54 Å². The number of nitrogens with one attached hydrogen (secondary N) is 1. The molecule has 0 radical (unpaired) electrons. The number of non-ortho nitro benzene ring substituents is 1. The third kappa shape index (κ3) is 3.88. The standard InChI is InChI=1S/C21H20N4O4S/c1-13(22-19(26)14-6-4-7-15(12-14)25(28)29)21(27)24-11-5-9-17(24)20-23-16-8-2-3-10-18(16)30-20/h2-4,6-8,10,12-13,17H,5,9,11H2,1H3,(H,22,26). The number of likely N-dealkylation sites (tertiary alicyclic amines) is 1. The number of nitrogens with zero attached hydrogens (tertiary/aromatic N) is 3. The predicted octanol–water partition coefficient (Wildman–Crippen LogP) is 3.69. The smallest absolute Gasteiger partial charge is 0.270 e. The lowest BCUT2D eigenvalue weighted by Crippen LogP contribution is -2.46. The number of amides is 2. The van der Waals surface area contributed by atoms with Crippen molar-refractivity contribution in [2.24, 2.45) is 0 Å². The minimum atomic E-state index is -0.758. The molecule has 2 unspecified atom stereocenters. The predicted molar refractivity (Wildman–Crippen MR) is 113 cm³/mol. The third-order valence-electron chi connectivity index (χ3n) is 5.17. The fourth-order valence-corrected chi connectivity index (χ4v) is 4.79. The van der Waals surface area contributed by atoms with Gasteiger partial charge in [0, 0.05) is 24.2 Å². The van der Waals surface area contributed by atoms with Crippen LogP contribution in [-0.4, -0.2) is 39.2 Å². The Morgan fingerprint density at radius 1 is 1.27 bits per heavy atom. The maximum absolute atomic E-state index is 13.1.